The largest absolute Gasteiger partial charge is 0.496 e. The smallest absolute Gasteiger partial charge is 0.289 e. The van der Waals surface area contributed by atoms with Crippen LogP contribution >= 0.6 is 23.2 Å². The van der Waals surface area contributed by atoms with Crippen molar-refractivity contribution in [1.82, 2.24) is 9.55 Å². The van der Waals surface area contributed by atoms with Gasteiger partial charge >= 0.3 is 0 Å². The molecule has 0 saturated carbocycles. The fraction of sp³-hybridized carbons (Fsp3) is 0.158. The average Bonchev–Trinajstić information content (AvgIpc) is 2.64. The number of ether oxygens (including phenoxy) is 1. The van der Waals surface area contributed by atoms with Crippen LogP contribution in [0.1, 0.15) is 18.5 Å². The lowest BCUT2D eigenvalue weighted by atomic mass is 10.1. The normalized spacial score (nSPS) is 12.0. The third-order valence-electron chi connectivity index (χ3n) is 4.06. The Morgan fingerprint density at radius 3 is 2.32 bits per heavy atom. The van der Waals surface area contributed by atoms with Crippen LogP contribution in [0.15, 0.2) is 59.4 Å². The predicted octanol–water partition coefficient (Wildman–Crippen LogP) is 4.84. The van der Waals surface area contributed by atoms with E-state index in [1.807, 2.05) is 61.5 Å². The number of halogens is 2. The molecule has 0 aliphatic carbocycles. The van der Waals surface area contributed by atoms with Gasteiger partial charge in [0.1, 0.15) is 5.75 Å². The summed E-state index contributed by atoms with van der Waals surface area (Å²) in [6.07, 6.45) is 0. The SMILES string of the molecule is COc1ccccc1-c1c(Cl)nc(Cl)c(=O)n1[C@H](C)c1ccccc1. The predicted molar refractivity (Wildman–Crippen MR) is 101 cm³/mol. The van der Waals surface area contributed by atoms with Crippen LogP contribution in [0.3, 0.4) is 0 Å². The number of aromatic nitrogens is 2. The Morgan fingerprint density at radius 1 is 1.00 bits per heavy atom. The molecule has 0 spiro atoms. The molecular formula is C19H16Cl2N2O2. The van der Waals surface area contributed by atoms with Gasteiger partial charge in [-0.15, -0.1) is 0 Å². The first-order valence-electron chi connectivity index (χ1n) is 7.70. The van der Waals surface area contributed by atoms with Crippen molar-refractivity contribution < 1.29 is 4.74 Å². The van der Waals surface area contributed by atoms with Crippen LogP contribution in [0.4, 0.5) is 0 Å². The van der Waals surface area contributed by atoms with E-state index in [4.69, 9.17) is 27.9 Å². The van der Waals surface area contributed by atoms with E-state index in [1.54, 1.807) is 11.7 Å². The fourth-order valence-electron chi connectivity index (χ4n) is 2.82. The van der Waals surface area contributed by atoms with Gasteiger partial charge in [0.05, 0.1) is 18.8 Å². The van der Waals surface area contributed by atoms with E-state index in [0.29, 0.717) is 17.0 Å². The number of para-hydroxylation sites is 1. The molecule has 1 heterocycles. The highest BCUT2D eigenvalue weighted by Crippen LogP contribution is 2.35. The van der Waals surface area contributed by atoms with E-state index < -0.39 is 5.56 Å². The van der Waals surface area contributed by atoms with Crippen molar-refractivity contribution in [3.05, 3.63) is 80.8 Å². The zero-order chi connectivity index (χ0) is 18.0. The Morgan fingerprint density at radius 2 is 1.64 bits per heavy atom. The summed E-state index contributed by atoms with van der Waals surface area (Å²) in [7, 11) is 1.57. The van der Waals surface area contributed by atoms with Gasteiger partial charge in [-0.2, -0.15) is 0 Å². The van der Waals surface area contributed by atoms with Gasteiger partial charge < -0.3 is 4.74 Å². The van der Waals surface area contributed by atoms with Crippen LogP contribution in [-0.2, 0) is 0 Å². The molecule has 0 aliphatic heterocycles. The fourth-order valence-corrected chi connectivity index (χ4v) is 3.31. The van der Waals surface area contributed by atoms with Crippen molar-refractivity contribution in [3.8, 4) is 17.0 Å². The van der Waals surface area contributed by atoms with Gasteiger partial charge in [0, 0.05) is 5.56 Å². The second-order valence-electron chi connectivity index (χ2n) is 5.50. The first-order chi connectivity index (χ1) is 12.0. The molecule has 0 fully saturated rings. The van der Waals surface area contributed by atoms with Gasteiger partial charge in [0.2, 0.25) is 0 Å². The summed E-state index contributed by atoms with van der Waals surface area (Å²) in [5, 5.41) is -0.0108. The minimum absolute atomic E-state index is 0.150. The van der Waals surface area contributed by atoms with E-state index in [-0.39, 0.29) is 16.3 Å². The number of benzene rings is 2. The molecule has 2 aromatic carbocycles. The molecule has 6 heteroatoms. The molecular weight excluding hydrogens is 359 g/mol. The maximum Gasteiger partial charge on any atom is 0.289 e. The molecule has 1 aromatic heterocycles. The summed E-state index contributed by atoms with van der Waals surface area (Å²) in [6, 6.07) is 16.7. The van der Waals surface area contributed by atoms with Gasteiger partial charge in [-0.05, 0) is 24.6 Å². The molecule has 3 aromatic rings. The van der Waals surface area contributed by atoms with Crippen LogP contribution in [0.25, 0.3) is 11.3 Å². The molecule has 25 heavy (non-hydrogen) atoms. The Bertz CT molecular complexity index is 955. The highest BCUT2D eigenvalue weighted by Gasteiger charge is 2.23. The summed E-state index contributed by atoms with van der Waals surface area (Å²) in [6.45, 7) is 1.92. The number of hydrogen-bond donors (Lipinski definition) is 0. The zero-order valence-electron chi connectivity index (χ0n) is 13.7. The monoisotopic (exact) mass is 374 g/mol. The number of nitrogens with zero attached hydrogens (tertiary/aromatic N) is 2. The molecule has 0 bridgehead atoms. The third-order valence-corrected chi connectivity index (χ3v) is 4.57. The Hall–Kier alpha value is -2.30. The van der Waals surface area contributed by atoms with Crippen LogP contribution in [0.5, 0.6) is 5.75 Å². The van der Waals surface area contributed by atoms with Crippen molar-refractivity contribution >= 4 is 23.2 Å². The molecule has 0 aliphatic rings. The summed E-state index contributed by atoms with van der Waals surface area (Å²) in [4.78, 5) is 16.8. The highest BCUT2D eigenvalue weighted by atomic mass is 35.5. The van der Waals surface area contributed by atoms with Crippen LogP contribution in [0, 0.1) is 0 Å². The van der Waals surface area contributed by atoms with Crippen molar-refractivity contribution in [3.63, 3.8) is 0 Å². The maximum absolute atomic E-state index is 12.8. The van der Waals surface area contributed by atoms with Crippen LogP contribution in [0.2, 0.25) is 10.3 Å². The lowest BCUT2D eigenvalue weighted by Gasteiger charge is -2.22. The third kappa shape index (κ3) is 3.28. The number of hydrogen-bond acceptors (Lipinski definition) is 3. The van der Waals surface area contributed by atoms with Gasteiger partial charge in [0.25, 0.3) is 5.56 Å². The van der Waals surface area contributed by atoms with E-state index >= 15 is 0 Å². The van der Waals surface area contributed by atoms with Gasteiger partial charge in [-0.25, -0.2) is 4.98 Å². The average molecular weight is 375 g/mol. The quantitative estimate of drug-likeness (QED) is 0.656. The summed E-state index contributed by atoms with van der Waals surface area (Å²) in [5.41, 5.74) is 1.71. The van der Waals surface area contributed by atoms with E-state index in [0.717, 1.165) is 5.56 Å². The lowest BCUT2D eigenvalue weighted by Crippen LogP contribution is -2.27. The maximum atomic E-state index is 12.8. The number of rotatable bonds is 4. The zero-order valence-corrected chi connectivity index (χ0v) is 15.3. The van der Waals surface area contributed by atoms with E-state index in [2.05, 4.69) is 4.98 Å². The Kier molecular flexibility index (Phi) is 5.11. The van der Waals surface area contributed by atoms with Crippen molar-refractivity contribution in [2.45, 2.75) is 13.0 Å². The van der Waals surface area contributed by atoms with Crippen LogP contribution < -0.4 is 10.3 Å². The summed E-state index contributed by atoms with van der Waals surface area (Å²) in [5.74, 6) is 0.599. The minimum atomic E-state index is -0.400. The summed E-state index contributed by atoms with van der Waals surface area (Å²) < 4.78 is 6.99. The van der Waals surface area contributed by atoms with Gasteiger partial charge in [-0.3, -0.25) is 9.36 Å². The van der Waals surface area contributed by atoms with Crippen molar-refractivity contribution in [2.75, 3.05) is 7.11 Å². The molecule has 0 unspecified atom stereocenters. The second-order valence-corrected chi connectivity index (χ2v) is 6.22. The Balaban J connectivity index is 2.33. The topological polar surface area (TPSA) is 44.1 Å². The van der Waals surface area contributed by atoms with Crippen molar-refractivity contribution in [2.24, 2.45) is 0 Å². The lowest BCUT2D eigenvalue weighted by molar-refractivity contribution is 0.415. The Labute approximate surface area is 155 Å². The second kappa shape index (κ2) is 7.30. The molecule has 4 nitrogen and oxygen atoms in total. The van der Waals surface area contributed by atoms with E-state index in [9.17, 15) is 4.79 Å². The molecule has 0 amide bonds. The van der Waals surface area contributed by atoms with Crippen molar-refractivity contribution in [1.29, 1.82) is 0 Å². The molecule has 1 atom stereocenters. The highest BCUT2D eigenvalue weighted by molar-refractivity contribution is 6.34. The standard InChI is InChI=1S/C19H16Cl2N2O2/c1-12(13-8-4-3-5-9-13)23-16(17(20)22-18(21)19(23)24)14-10-6-7-11-15(14)25-2/h3-12H,1-2H3/t12-/m1/s1. The number of methoxy groups -OCH3 is 1. The molecule has 0 saturated heterocycles. The first kappa shape index (κ1) is 17.5. The molecule has 0 radical (unpaired) electrons. The molecule has 128 valence electrons. The van der Waals surface area contributed by atoms with Gasteiger partial charge in [-0.1, -0.05) is 65.7 Å². The van der Waals surface area contributed by atoms with E-state index in [1.165, 1.54) is 0 Å². The minimum Gasteiger partial charge on any atom is -0.496 e. The molecule has 0 N–H and O–H groups in total. The first-order valence-corrected chi connectivity index (χ1v) is 8.46. The van der Waals surface area contributed by atoms with Crippen LogP contribution in [-0.4, -0.2) is 16.7 Å². The van der Waals surface area contributed by atoms with Gasteiger partial charge in [0.15, 0.2) is 10.3 Å². The summed E-state index contributed by atoms with van der Waals surface area (Å²) >= 11 is 12.4. The molecule has 3 rings (SSSR count).